The standard InChI is InChI=1S/C10H20N4/c1-9(2)7-10-8-14(12-11-10)6-5-13(3)4/h10H,1,5-8H2,2-4H3. The summed E-state index contributed by atoms with van der Waals surface area (Å²) in [6.45, 7) is 8.86. The van der Waals surface area contributed by atoms with Gasteiger partial charge >= 0.3 is 0 Å². The molecule has 0 spiro atoms. The minimum absolute atomic E-state index is 0.328. The summed E-state index contributed by atoms with van der Waals surface area (Å²) < 4.78 is 0. The van der Waals surface area contributed by atoms with Gasteiger partial charge in [0.2, 0.25) is 0 Å². The number of nitrogens with zero attached hydrogens (tertiary/aromatic N) is 4. The Morgan fingerprint density at radius 3 is 2.86 bits per heavy atom. The van der Waals surface area contributed by atoms with Gasteiger partial charge in [-0.1, -0.05) is 10.8 Å². The highest BCUT2D eigenvalue weighted by Crippen LogP contribution is 2.14. The zero-order valence-electron chi connectivity index (χ0n) is 9.40. The number of rotatable bonds is 5. The maximum Gasteiger partial charge on any atom is 0.0958 e. The Balaban J connectivity index is 2.22. The Bertz CT molecular complexity index is 222. The number of hydrogen-bond acceptors (Lipinski definition) is 4. The molecule has 0 bridgehead atoms. The van der Waals surface area contributed by atoms with Crippen LogP contribution in [0.2, 0.25) is 0 Å². The molecule has 80 valence electrons. The van der Waals surface area contributed by atoms with Crippen LogP contribution in [-0.2, 0) is 0 Å². The summed E-state index contributed by atoms with van der Waals surface area (Å²) in [5.74, 6) is 0. The quantitative estimate of drug-likeness (QED) is 0.625. The molecule has 1 aliphatic heterocycles. The summed E-state index contributed by atoms with van der Waals surface area (Å²) in [6, 6.07) is 0.328. The van der Waals surface area contributed by atoms with Gasteiger partial charge in [-0.15, -0.1) is 6.58 Å². The van der Waals surface area contributed by atoms with E-state index in [1.54, 1.807) is 0 Å². The van der Waals surface area contributed by atoms with E-state index in [0.717, 1.165) is 26.1 Å². The van der Waals surface area contributed by atoms with Crippen LogP contribution in [0.4, 0.5) is 0 Å². The first-order chi connectivity index (χ1) is 6.58. The Kier molecular flexibility index (Phi) is 4.07. The normalized spacial score (nSPS) is 20.9. The maximum atomic E-state index is 4.21. The third kappa shape index (κ3) is 3.87. The SMILES string of the molecule is C=C(C)CC1CN(CCN(C)C)N=N1. The third-order valence-electron chi connectivity index (χ3n) is 2.15. The smallest absolute Gasteiger partial charge is 0.0958 e. The lowest BCUT2D eigenvalue weighted by Gasteiger charge is -2.16. The maximum absolute atomic E-state index is 4.21. The first-order valence-electron chi connectivity index (χ1n) is 5.02. The van der Waals surface area contributed by atoms with Crippen LogP contribution >= 0.6 is 0 Å². The molecule has 4 nitrogen and oxygen atoms in total. The van der Waals surface area contributed by atoms with Gasteiger partial charge in [0.25, 0.3) is 0 Å². The van der Waals surface area contributed by atoms with Crippen molar-refractivity contribution in [2.75, 3.05) is 33.7 Å². The molecule has 14 heavy (non-hydrogen) atoms. The Hall–Kier alpha value is -0.900. The molecule has 0 fully saturated rings. The van der Waals surface area contributed by atoms with Crippen LogP contribution in [0.25, 0.3) is 0 Å². The highest BCUT2D eigenvalue weighted by molar-refractivity contribution is 4.94. The van der Waals surface area contributed by atoms with Crippen molar-refractivity contribution in [1.29, 1.82) is 0 Å². The van der Waals surface area contributed by atoms with E-state index in [0.29, 0.717) is 6.04 Å². The Morgan fingerprint density at radius 1 is 1.57 bits per heavy atom. The molecule has 0 aromatic rings. The molecule has 0 saturated carbocycles. The Labute approximate surface area is 86.3 Å². The van der Waals surface area contributed by atoms with Crippen LogP contribution in [0.1, 0.15) is 13.3 Å². The monoisotopic (exact) mass is 196 g/mol. The fraction of sp³-hybridized carbons (Fsp3) is 0.800. The molecule has 0 aromatic heterocycles. The first-order valence-corrected chi connectivity index (χ1v) is 5.02. The van der Waals surface area contributed by atoms with Crippen molar-refractivity contribution in [1.82, 2.24) is 9.91 Å². The van der Waals surface area contributed by atoms with E-state index in [1.165, 1.54) is 5.57 Å². The van der Waals surface area contributed by atoms with Crippen molar-refractivity contribution >= 4 is 0 Å². The average molecular weight is 196 g/mol. The van der Waals surface area contributed by atoms with Crippen molar-refractivity contribution < 1.29 is 0 Å². The summed E-state index contributed by atoms with van der Waals surface area (Å²) in [7, 11) is 4.14. The lowest BCUT2D eigenvalue weighted by Crippen LogP contribution is -2.29. The van der Waals surface area contributed by atoms with Crippen LogP contribution in [-0.4, -0.2) is 49.7 Å². The fourth-order valence-corrected chi connectivity index (χ4v) is 1.42. The lowest BCUT2D eigenvalue weighted by atomic mass is 10.1. The molecule has 0 amide bonds. The van der Waals surface area contributed by atoms with Crippen molar-refractivity contribution in [3.8, 4) is 0 Å². The molecular weight excluding hydrogens is 176 g/mol. The van der Waals surface area contributed by atoms with E-state index in [1.807, 2.05) is 11.9 Å². The van der Waals surface area contributed by atoms with Crippen LogP contribution in [0.5, 0.6) is 0 Å². The van der Waals surface area contributed by atoms with Crippen molar-refractivity contribution in [3.63, 3.8) is 0 Å². The summed E-state index contributed by atoms with van der Waals surface area (Å²) in [6.07, 6.45) is 0.960. The van der Waals surface area contributed by atoms with E-state index in [-0.39, 0.29) is 0 Å². The largest absolute Gasteiger partial charge is 0.308 e. The molecule has 0 aliphatic carbocycles. The topological polar surface area (TPSA) is 31.2 Å². The second-order valence-electron chi connectivity index (χ2n) is 4.24. The van der Waals surface area contributed by atoms with E-state index in [2.05, 4.69) is 35.9 Å². The highest BCUT2D eigenvalue weighted by Gasteiger charge is 2.18. The number of likely N-dealkylation sites (N-methyl/N-ethyl adjacent to an activating group) is 1. The van der Waals surface area contributed by atoms with E-state index >= 15 is 0 Å². The minimum atomic E-state index is 0.328. The zero-order chi connectivity index (χ0) is 10.6. The second kappa shape index (κ2) is 5.10. The van der Waals surface area contributed by atoms with E-state index < -0.39 is 0 Å². The summed E-state index contributed by atoms with van der Waals surface area (Å²) >= 11 is 0. The van der Waals surface area contributed by atoms with Gasteiger partial charge in [0, 0.05) is 6.54 Å². The average Bonchev–Trinajstić information content (AvgIpc) is 2.47. The summed E-state index contributed by atoms with van der Waals surface area (Å²) in [5.41, 5.74) is 1.18. The van der Waals surface area contributed by atoms with Crippen molar-refractivity contribution in [2.24, 2.45) is 10.3 Å². The van der Waals surface area contributed by atoms with Crippen LogP contribution in [0.15, 0.2) is 22.5 Å². The first kappa shape index (κ1) is 11.2. The Morgan fingerprint density at radius 2 is 2.29 bits per heavy atom. The summed E-state index contributed by atoms with van der Waals surface area (Å²) in [5, 5.41) is 10.4. The molecule has 0 radical (unpaired) electrons. The van der Waals surface area contributed by atoms with Gasteiger partial charge in [0.1, 0.15) is 0 Å². The lowest BCUT2D eigenvalue weighted by molar-refractivity contribution is 0.264. The molecular formula is C10H20N4. The van der Waals surface area contributed by atoms with Crippen LogP contribution in [0.3, 0.4) is 0 Å². The molecule has 1 heterocycles. The molecule has 4 heteroatoms. The van der Waals surface area contributed by atoms with Gasteiger partial charge in [-0.3, -0.25) is 5.01 Å². The predicted molar refractivity (Wildman–Crippen MR) is 58.2 cm³/mol. The van der Waals surface area contributed by atoms with Crippen LogP contribution < -0.4 is 0 Å². The van der Waals surface area contributed by atoms with Gasteiger partial charge in [-0.25, -0.2) is 0 Å². The molecule has 0 aromatic carbocycles. The molecule has 0 N–H and O–H groups in total. The van der Waals surface area contributed by atoms with Gasteiger partial charge in [-0.2, -0.15) is 5.11 Å². The molecule has 1 aliphatic rings. The molecule has 1 atom stereocenters. The molecule has 1 unspecified atom stereocenters. The summed E-state index contributed by atoms with van der Waals surface area (Å²) in [4.78, 5) is 2.15. The van der Waals surface area contributed by atoms with Gasteiger partial charge in [0.05, 0.1) is 19.1 Å². The third-order valence-corrected chi connectivity index (χ3v) is 2.15. The molecule has 0 saturated heterocycles. The fourth-order valence-electron chi connectivity index (χ4n) is 1.42. The highest BCUT2D eigenvalue weighted by atomic mass is 15.6. The van der Waals surface area contributed by atoms with Gasteiger partial charge < -0.3 is 4.90 Å². The molecule has 1 rings (SSSR count). The zero-order valence-corrected chi connectivity index (χ0v) is 9.40. The van der Waals surface area contributed by atoms with Crippen molar-refractivity contribution in [3.05, 3.63) is 12.2 Å². The van der Waals surface area contributed by atoms with Gasteiger partial charge in [0.15, 0.2) is 0 Å². The number of hydrogen-bond donors (Lipinski definition) is 0. The minimum Gasteiger partial charge on any atom is -0.308 e. The van der Waals surface area contributed by atoms with Crippen LogP contribution in [0, 0.1) is 0 Å². The predicted octanol–water partition coefficient (Wildman–Crippen LogP) is 1.57. The van der Waals surface area contributed by atoms with E-state index in [4.69, 9.17) is 0 Å². The second-order valence-corrected chi connectivity index (χ2v) is 4.24. The van der Waals surface area contributed by atoms with Gasteiger partial charge in [-0.05, 0) is 27.4 Å². The van der Waals surface area contributed by atoms with Crippen molar-refractivity contribution in [2.45, 2.75) is 19.4 Å². The van der Waals surface area contributed by atoms with E-state index in [9.17, 15) is 0 Å².